The molecule has 0 spiro atoms. The molecule has 0 unspecified atom stereocenters. The van der Waals surface area contributed by atoms with Crippen molar-refractivity contribution >= 4 is 10.4 Å². The minimum Gasteiger partial charge on any atom is -0.870 e. The van der Waals surface area contributed by atoms with E-state index in [1.165, 1.54) is 0 Å². The standard InChI is InChI=1S/H3NO4S.Na.H2O/c1-5-6(2,3)4;;/h1H2,(H,2,3,4);;1H2/q;+1;/p-1. The van der Waals surface area contributed by atoms with E-state index in [-0.39, 0.29) is 35.0 Å². The molecule has 6 nitrogen and oxygen atoms in total. The van der Waals surface area contributed by atoms with Gasteiger partial charge < -0.3 is 5.48 Å². The molecule has 8 heteroatoms. The Labute approximate surface area is 68.5 Å². The average molecular weight is 153 g/mol. The van der Waals surface area contributed by atoms with Gasteiger partial charge in [-0.25, -0.2) is 0 Å². The Morgan fingerprint density at radius 3 is 1.62 bits per heavy atom. The smallest absolute Gasteiger partial charge is 0.870 e. The fourth-order valence-electron chi connectivity index (χ4n) is 0. The van der Waals surface area contributed by atoms with Gasteiger partial charge in [0.2, 0.25) is 0 Å². The molecule has 0 heterocycles. The topological polar surface area (TPSA) is 120 Å². The van der Waals surface area contributed by atoms with Crippen LogP contribution in [0, 0.1) is 0 Å². The monoisotopic (exact) mass is 153 g/mol. The van der Waals surface area contributed by atoms with Gasteiger partial charge in [-0.05, 0) is 0 Å². The molecule has 0 saturated carbocycles. The number of hydrogen-bond acceptors (Lipinski definition) is 5. The van der Waals surface area contributed by atoms with Gasteiger partial charge in [0.25, 0.3) is 0 Å². The summed E-state index contributed by atoms with van der Waals surface area (Å²) in [6.07, 6.45) is 0. The molecule has 0 atom stereocenters. The Morgan fingerprint density at radius 1 is 1.50 bits per heavy atom. The van der Waals surface area contributed by atoms with E-state index in [0.29, 0.717) is 0 Å². The molecule has 0 radical (unpaired) electrons. The van der Waals surface area contributed by atoms with E-state index in [0.717, 1.165) is 0 Å². The zero-order valence-electron chi connectivity index (χ0n) is 4.10. The van der Waals surface area contributed by atoms with E-state index >= 15 is 0 Å². The fourth-order valence-corrected chi connectivity index (χ4v) is 0. The van der Waals surface area contributed by atoms with Crippen molar-refractivity contribution in [3.63, 3.8) is 0 Å². The number of rotatable bonds is 1. The van der Waals surface area contributed by atoms with E-state index in [1.54, 1.807) is 0 Å². The maximum Gasteiger partial charge on any atom is 1.00 e. The van der Waals surface area contributed by atoms with Crippen LogP contribution in [0.5, 0.6) is 0 Å². The van der Waals surface area contributed by atoms with Crippen LogP contribution in [-0.2, 0) is 14.7 Å². The van der Waals surface area contributed by atoms with Crippen LogP contribution in [0.3, 0.4) is 0 Å². The average Bonchev–Trinajstić information content (AvgIpc) is 1.35. The van der Waals surface area contributed by atoms with Gasteiger partial charge in [0, 0.05) is 0 Å². The van der Waals surface area contributed by atoms with Crippen LogP contribution in [0.4, 0.5) is 0 Å². The first-order chi connectivity index (χ1) is 2.56. The quantitative estimate of drug-likeness (QED) is 0.222. The third-order valence-corrected chi connectivity index (χ3v) is 0.365. The van der Waals surface area contributed by atoms with Crippen molar-refractivity contribution in [1.82, 2.24) is 0 Å². The van der Waals surface area contributed by atoms with Crippen molar-refractivity contribution in [3.05, 3.63) is 0 Å². The summed E-state index contributed by atoms with van der Waals surface area (Å²) in [6.45, 7) is 0. The van der Waals surface area contributed by atoms with Crippen LogP contribution >= 0.6 is 0 Å². The van der Waals surface area contributed by atoms with Crippen molar-refractivity contribution in [2.45, 2.75) is 0 Å². The van der Waals surface area contributed by atoms with E-state index in [2.05, 4.69) is 10.2 Å². The Bertz CT molecular complexity index is 114. The second kappa shape index (κ2) is 5.92. The van der Waals surface area contributed by atoms with Crippen molar-refractivity contribution in [1.29, 1.82) is 0 Å². The van der Waals surface area contributed by atoms with Crippen molar-refractivity contribution < 1.29 is 52.3 Å². The molecule has 0 aromatic rings. The van der Waals surface area contributed by atoms with Gasteiger partial charge >= 0.3 is 40.0 Å². The summed E-state index contributed by atoms with van der Waals surface area (Å²) in [5, 5.41) is 0. The molecule has 46 valence electrons. The molecule has 8 heavy (non-hydrogen) atoms. The van der Waals surface area contributed by atoms with Crippen LogP contribution in [0.25, 0.3) is 0 Å². The Hall–Kier alpha value is 0.790. The predicted molar refractivity (Wildman–Crippen MR) is 18.8 cm³/mol. The van der Waals surface area contributed by atoms with Crippen LogP contribution in [0.2, 0.25) is 0 Å². The Kier molecular flexibility index (Phi) is 11.8. The van der Waals surface area contributed by atoms with Gasteiger partial charge in [-0.3, -0.25) is 4.55 Å². The molecule has 0 rings (SSSR count). The maximum atomic E-state index is 9.21. The van der Waals surface area contributed by atoms with Crippen molar-refractivity contribution in [2.24, 2.45) is 5.90 Å². The van der Waals surface area contributed by atoms with E-state index in [1.807, 2.05) is 0 Å². The predicted octanol–water partition coefficient (Wildman–Crippen LogP) is -4.49. The molecule has 0 bridgehead atoms. The molecule has 4 N–H and O–H groups in total. The normalized spacial score (nSPS) is 8.75. The summed E-state index contributed by atoms with van der Waals surface area (Å²) in [5.41, 5.74) is 0. The fraction of sp³-hybridized carbons (Fsp3) is 0. The van der Waals surface area contributed by atoms with Gasteiger partial charge in [0.05, 0.1) is 0 Å². The first-order valence-corrected chi connectivity index (χ1v) is 2.28. The summed E-state index contributed by atoms with van der Waals surface area (Å²) in [7, 11) is -4.38. The van der Waals surface area contributed by atoms with E-state index in [9.17, 15) is 8.42 Å². The molecule has 0 aliphatic heterocycles. The second-order valence-corrected chi connectivity index (χ2v) is 1.57. The molecular formula is H4NNaO5S. The Morgan fingerprint density at radius 2 is 1.62 bits per heavy atom. The maximum absolute atomic E-state index is 9.21. The third-order valence-electron chi connectivity index (χ3n) is 0.122. The summed E-state index contributed by atoms with van der Waals surface area (Å²) in [6, 6.07) is 0. The zero-order valence-corrected chi connectivity index (χ0v) is 6.92. The van der Waals surface area contributed by atoms with Gasteiger partial charge in [0.15, 0.2) is 0 Å². The van der Waals surface area contributed by atoms with Crippen molar-refractivity contribution in [2.75, 3.05) is 0 Å². The minimum atomic E-state index is -4.38. The van der Waals surface area contributed by atoms with Crippen LogP contribution in [0.1, 0.15) is 0 Å². The first-order valence-electron chi connectivity index (χ1n) is 0.918. The molecule has 0 aliphatic carbocycles. The van der Waals surface area contributed by atoms with Gasteiger partial charge in [-0.15, -0.1) is 0 Å². The van der Waals surface area contributed by atoms with Crippen LogP contribution < -0.4 is 35.5 Å². The molecule has 0 aliphatic rings. The third kappa shape index (κ3) is 15.8. The summed E-state index contributed by atoms with van der Waals surface area (Å²) < 4.78 is 28.8. The molecule has 0 aromatic carbocycles. The van der Waals surface area contributed by atoms with E-state index < -0.39 is 10.4 Å². The van der Waals surface area contributed by atoms with Gasteiger partial charge in [-0.2, -0.15) is 18.6 Å². The van der Waals surface area contributed by atoms with Crippen LogP contribution in [-0.4, -0.2) is 18.4 Å². The van der Waals surface area contributed by atoms with E-state index in [4.69, 9.17) is 4.55 Å². The molecular weight excluding hydrogens is 149 g/mol. The number of hydrogen-bond donors (Lipinski definition) is 2. The Balaban J connectivity index is -0.000000125. The largest absolute Gasteiger partial charge is 1.00 e. The molecule has 0 aromatic heterocycles. The summed E-state index contributed by atoms with van der Waals surface area (Å²) >= 11 is 0. The zero-order chi connectivity index (χ0) is 5.21. The van der Waals surface area contributed by atoms with Crippen molar-refractivity contribution in [3.8, 4) is 0 Å². The van der Waals surface area contributed by atoms with Crippen LogP contribution in [0.15, 0.2) is 0 Å². The molecule has 0 amide bonds. The molecule has 0 saturated heterocycles. The number of nitrogens with two attached hydrogens (primary N) is 1. The summed E-state index contributed by atoms with van der Waals surface area (Å²) in [5.74, 6) is 3.97. The van der Waals surface area contributed by atoms with Gasteiger partial charge in [0.1, 0.15) is 0 Å². The first kappa shape index (κ1) is 15.9. The van der Waals surface area contributed by atoms with Gasteiger partial charge in [-0.1, -0.05) is 0 Å². The SMILES string of the molecule is NOS(=O)(=O)O.[Na+].[OH-]. The summed E-state index contributed by atoms with van der Waals surface area (Å²) in [4.78, 5) is 0. The molecule has 0 fully saturated rings. The minimum absolute atomic E-state index is 0. The second-order valence-electron chi connectivity index (χ2n) is 0.524.